The van der Waals surface area contributed by atoms with E-state index in [0.717, 1.165) is 22.7 Å². The van der Waals surface area contributed by atoms with Gasteiger partial charge in [-0.1, -0.05) is 0 Å². The van der Waals surface area contributed by atoms with Crippen molar-refractivity contribution < 1.29 is 9.90 Å². The molecule has 0 aliphatic rings. The lowest BCUT2D eigenvalue weighted by atomic mass is 10.2. The molecule has 0 spiro atoms. The molecule has 0 aliphatic carbocycles. The molecule has 4 nitrogen and oxygen atoms in total. The Hall–Kier alpha value is -1.62. The van der Waals surface area contributed by atoms with E-state index in [-0.39, 0.29) is 0 Å². The van der Waals surface area contributed by atoms with Crippen LogP contribution in [0, 0.1) is 6.92 Å². The van der Waals surface area contributed by atoms with E-state index in [0.29, 0.717) is 5.56 Å². The van der Waals surface area contributed by atoms with Gasteiger partial charge in [0.2, 0.25) is 0 Å². The minimum atomic E-state index is -0.886. The minimum Gasteiger partial charge on any atom is -0.478 e. The number of hydrogen-bond acceptors (Lipinski definition) is 3. The highest BCUT2D eigenvalue weighted by atomic mass is 32.1. The molecule has 0 unspecified atom stereocenters. The van der Waals surface area contributed by atoms with Crippen LogP contribution in [0.4, 0.5) is 0 Å². The minimum absolute atomic E-state index is 0.337. The highest BCUT2D eigenvalue weighted by Crippen LogP contribution is 2.29. The molecule has 0 aliphatic heterocycles. The van der Waals surface area contributed by atoms with Crippen molar-refractivity contribution in [3.63, 3.8) is 0 Å². The SMILES string of the molecule is CCn1cc(-c2cc(C(=O)O)cs2)c(C)n1. The molecular weight excluding hydrogens is 224 g/mol. The van der Waals surface area contributed by atoms with Gasteiger partial charge in [0, 0.05) is 28.6 Å². The summed E-state index contributed by atoms with van der Waals surface area (Å²) < 4.78 is 1.85. The van der Waals surface area contributed by atoms with Crippen LogP contribution in [0.1, 0.15) is 23.0 Å². The Labute approximate surface area is 97.2 Å². The fraction of sp³-hybridized carbons (Fsp3) is 0.273. The van der Waals surface area contributed by atoms with Gasteiger partial charge < -0.3 is 5.11 Å². The van der Waals surface area contributed by atoms with Crippen molar-refractivity contribution in [2.24, 2.45) is 0 Å². The standard InChI is InChI=1S/C11H12N2O2S/c1-3-13-5-9(7(2)12-13)10-4-8(6-16-10)11(14)15/h4-6H,3H2,1-2H3,(H,14,15). The lowest BCUT2D eigenvalue weighted by Gasteiger charge is -1.91. The maximum atomic E-state index is 10.8. The summed E-state index contributed by atoms with van der Waals surface area (Å²) in [6.07, 6.45) is 1.95. The molecule has 0 amide bonds. The quantitative estimate of drug-likeness (QED) is 0.891. The van der Waals surface area contributed by atoms with Gasteiger partial charge in [-0.2, -0.15) is 5.10 Å². The van der Waals surface area contributed by atoms with Crippen LogP contribution in [0.3, 0.4) is 0 Å². The molecular formula is C11H12N2O2S. The van der Waals surface area contributed by atoms with Crippen molar-refractivity contribution in [2.45, 2.75) is 20.4 Å². The van der Waals surface area contributed by atoms with Gasteiger partial charge in [0.15, 0.2) is 0 Å². The maximum absolute atomic E-state index is 10.8. The Kier molecular flexibility index (Phi) is 2.78. The number of hydrogen-bond donors (Lipinski definition) is 1. The Morgan fingerprint density at radius 3 is 2.88 bits per heavy atom. The first kappa shape index (κ1) is 10.9. The van der Waals surface area contributed by atoms with Crippen molar-refractivity contribution >= 4 is 17.3 Å². The summed E-state index contributed by atoms with van der Waals surface area (Å²) >= 11 is 1.43. The zero-order chi connectivity index (χ0) is 11.7. The molecule has 16 heavy (non-hydrogen) atoms. The molecule has 84 valence electrons. The second kappa shape index (κ2) is 4.09. The number of rotatable bonds is 3. The van der Waals surface area contributed by atoms with Crippen molar-refractivity contribution in [1.82, 2.24) is 9.78 Å². The van der Waals surface area contributed by atoms with Gasteiger partial charge in [-0.25, -0.2) is 4.79 Å². The van der Waals surface area contributed by atoms with E-state index in [1.165, 1.54) is 11.3 Å². The van der Waals surface area contributed by atoms with Gasteiger partial charge >= 0.3 is 5.97 Å². The van der Waals surface area contributed by atoms with Crippen LogP contribution in [0.5, 0.6) is 0 Å². The topological polar surface area (TPSA) is 55.1 Å². The third-order valence-electron chi connectivity index (χ3n) is 2.38. The number of thiophene rings is 1. The monoisotopic (exact) mass is 236 g/mol. The van der Waals surface area contributed by atoms with Gasteiger partial charge in [0.1, 0.15) is 0 Å². The third-order valence-corrected chi connectivity index (χ3v) is 3.35. The van der Waals surface area contributed by atoms with Gasteiger partial charge in [-0.3, -0.25) is 4.68 Å². The number of nitrogens with zero attached hydrogens (tertiary/aromatic N) is 2. The molecule has 0 radical (unpaired) electrons. The average molecular weight is 236 g/mol. The van der Waals surface area contributed by atoms with Gasteiger partial charge in [-0.15, -0.1) is 11.3 Å². The first-order chi connectivity index (χ1) is 7.61. The number of aromatic carboxylic acids is 1. The fourth-order valence-corrected chi connectivity index (χ4v) is 2.46. The van der Waals surface area contributed by atoms with Crippen LogP contribution in [-0.4, -0.2) is 20.9 Å². The summed E-state index contributed by atoms with van der Waals surface area (Å²) in [4.78, 5) is 11.7. The zero-order valence-electron chi connectivity index (χ0n) is 9.10. The van der Waals surface area contributed by atoms with Crippen LogP contribution in [0.15, 0.2) is 17.6 Å². The van der Waals surface area contributed by atoms with Gasteiger partial charge in [0.05, 0.1) is 11.3 Å². The Balaban J connectivity index is 2.41. The predicted molar refractivity (Wildman–Crippen MR) is 62.9 cm³/mol. The zero-order valence-corrected chi connectivity index (χ0v) is 9.91. The number of carboxylic acid groups (broad SMARTS) is 1. The molecule has 2 aromatic rings. The lowest BCUT2D eigenvalue weighted by molar-refractivity contribution is 0.0697. The second-order valence-corrected chi connectivity index (χ2v) is 4.40. The second-order valence-electron chi connectivity index (χ2n) is 3.49. The van der Waals surface area contributed by atoms with Crippen LogP contribution >= 0.6 is 11.3 Å². The van der Waals surface area contributed by atoms with Crippen molar-refractivity contribution in [1.29, 1.82) is 0 Å². The van der Waals surface area contributed by atoms with Crippen molar-refractivity contribution in [3.8, 4) is 10.4 Å². The smallest absolute Gasteiger partial charge is 0.336 e. The highest BCUT2D eigenvalue weighted by molar-refractivity contribution is 7.13. The van der Waals surface area contributed by atoms with E-state index in [2.05, 4.69) is 5.10 Å². The molecule has 5 heteroatoms. The normalized spacial score (nSPS) is 10.6. The van der Waals surface area contributed by atoms with Crippen LogP contribution < -0.4 is 0 Å². The number of aromatic nitrogens is 2. The highest BCUT2D eigenvalue weighted by Gasteiger charge is 2.12. The summed E-state index contributed by atoms with van der Waals surface area (Å²) in [5.41, 5.74) is 2.28. The number of carbonyl (C=O) groups is 1. The molecule has 1 N–H and O–H groups in total. The Morgan fingerprint density at radius 2 is 2.38 bits per heavy atom. The molecule has 0 atom stereocenters. The average Bonchev–Trinajstić information content (AvgIpc) is 2.83. The van der Waals surface area contributed by atoms with E-state index in [1.54, 1.807) is 11.4 Å². The molecule has 0 aromatic carbocycles. The number of carboxylic acids is 1. The van der Waals surface area contributed by atoms with Crippen LogP contribution in [0.2, 0.25) is 0 Å². The molecule has 2 rings (SSSR count). The van der Waals surface area contributed by atoms with Crippen molar-refractivity contribution in [2.75, 3.05) is 0 Å². The largest absolute Gasteiger partial charge is 0.478 e. The first-order valence-electron chi connectivity index (χ1n) is 4.98. The molecule has 0 saturated carbocycles. The summed E-state index contributed by atoms with van der Waals surface area (Å²) in [6.45, 7) is 4.77. The van der Waals surface area contributed by atoms with E-state index in [1.807, 2.05) is 24.7 Å². The summed E-state index contributed by atoms with van der Waals surface area (Å²) in [5, 5.41) is 14.8. The van der Waals surface area contributed by atoms with E-state index in [4.69, 9.17) is 5.11 Å². The first-order valence-corrected chi connectivity index (χ1v) is 5.86. The third kappa shape index (κ3) is 1.86. The molecule has 0 bridgehead atoms. The van der Waals surface area contributed by atoms with E-state index < -0.39 is 5.97 Å². The van der Waals surface area contributed by atoms with Crippen LogP contribution in [-0.2, 0) is 6.54 Å². The molecule has 0 fully saturated rings. The predicted octanol–water partition coefficient (Wildman–Crippen LogP) is 2.64. The van der Waals surface area contributed by atoms with E-state index >= 15 is 0 Å². The van der Waals surface area contributed by atoms with E-state index in [9.17, 15) is 4.79 Å². The summed E-state index contributed by atoms with van der Waals surface area (Å²) in [5.74, 6) is -0.886. The van der Waals surface area contributed by atoms with Crippen LogP contribution in [0.25, 0.3) is 10.4 Å². The molecule has 0 saturated heterocycles. The van der Waals surface area contributed by atoms with Crippen molar-refractivity contribution in [3.05, 3.63) is 28.9 Å². The molecule has 2 heterocycles. The lowest BCUT2D eigenvalue weighted by Crippen LogP contribution is -1.93. The Bertz CT molecular complexity index is 528. The Morgan fingerprint density at radius 1 is 1.62 bits per heavy atom. The summed E-state index contributed by atoms with van der Waals surface area (Å²) in [6, 6.07) is 1.69. The summed E-state index contributed by atoms with van der Waals surface area (Å²) in [7, 11) is 0. The van der Waals surface area contributed by atoms with Gasteiger partial charge in [0.25, 0.3) is 0 Å². The number of aryl methyl sites for hydroxylation is 2. The molecule has 2 aromatic heterocycles. The fourth-order valence-electron chi connectivity index (χ4n) is 1.51. The van der Waals surface area contributed by atoms with Gasteiger partial charge in [-0.05, 0) is 19.9 Å². The maximum Gasteiger partial charge on any atom is 0.336 e.